The molecule has 0 saturated carbocycles. The van der Waals surface area contributed by atoms with Crippen molar-refractivity contribution in [1.82, 2.24) is 15.5 Å². The molecule has 0 aliphatic rings. The lowest BCUT2D eigenvalue weighted by Gasteiger charge is -2.14. The van der Waals surface area contributed by atoms with Gasteiger partial charge in [-0.15, -0.1) is 5.10 Å². The summed E-state index contributed by atoms with van der Waals surface area (Å²) in [6.07, 6.45) is 0. The van der Waals surface area contributed by atoms with Crippen molar-refractivity contribution in [1.29, 1.82) is 0 Å². The number of nitrogens with zero attached hydrogens (tertiary/aromatic N) is 1. The van der Waals surface area contributed by atoms with Crippen molar-refractivity contribution in [2.75, 3.05) is 20.2 Å². The molecule has 0 aliphatic carbocycles. The summed E-state index contributed by atoms with van der Waals surface area (Å²) in [6.45, 7) is 0.695. The number of ether oxygens (including phenoxy) is 1. The van der Waals surface area contributed by atoms with Gasteiger partial charge in [0.15, 0.2) is 6.61 Å². The van der Waals surface area contributed by atoms with Gasteiger partial charge in [-0.1, -0.05) is 0 Å². The van der Waals surface area contributed by atoms with E-state index < -0.39 is 19.1 Å². The van der Waals surface area contributed by atoms with Crippen molar-refractivity contribution < 1.29 is 13.5 Å². The van der Waals surface area contributed by atoms with E-state index in [0.717, 1.165) is 5.69 Å². The number of aromatic amines is 1. The maximum atomic E-state index is 12.9. The zero-order chi connectivity index (χ0) is 10.6. The van der Waals surface area contributed by atoms with Gasteiger partial charge in [0.2, 0.25) is 5.88 Å². The number of hydrogen-bond donors (Lipinski definition) is 2. The van der Waals surface area contributed by atoms with Gasteiger partial charge in [0, 0.05) is 11.8 Å². The fraction of sp³-hybridized carbons (Fsp3) is 0.625. The Balaban J connectivity index is 2.40. The molecule has 0 unspecified atom stereocenters. The average Bonchev–Trinajstić information content (AvgIpc) is 2.48. The second kappa shape index (κ2) is 4.36. The lowest BCUT2D eigenvalue weighted by molar-refractivity contribution is -0.0386. The minimum atomic E-state index is -2.87. The number of aryl methyl sites for hydroxylation is 1. The second-order valence-corrected chi connectivity index (χ2v) is 3.06. The summed E-state index contributed by atoms with van der Waals surface area (Å²) >= 11 is 0. The molecule has 4 nitrogen and oxygen atoms in total. The lowest BCUT2D eigenvalue weighted by Crippen LogP contribution is -2.36. The summed E-state index contributed by atoms with van der Waals surface area (Å²) in [5, 5.41) is 8.67. The van der Waals surface area contributed by atoms with Crippen LogP contribution in [0.2, 0.25) is 0 Å². The van der Waals surface area contributed by atoms with Gasteiger partial charge in [-0.3, -0.25) is 5.10 Å². The van der Waals surface area contributed by atoms with Gasteiger partial charge in [0.1, 0.15) is 0 Å². The molecule has 0 aromatic carbocycles. The topological polar surface area (TPSA) is 49.9 Å². The van der Waals surface area contributed by atoms with E-state index in [2.05, 4.69) is 15.5 Å². The molecule has 1 heterocycles. The van der Waals surface area contributed by atoms with Crippen LogP contribution in [0.4, 0.5) is 8.78 Å². The highest BCUT2D eigenvalue weighted by Crippen LogP contribution is 2.15. The van der Waals surface area contributed by atoms with Crippen molar-refractivity contribution in [3.63, 3.8) is 0 Å². The van der Waals surface area contributed by atoms with E-state index in [1.54, 1.807) is 13.0 Å². The first-order chi connectivity index (χ1) is 6.53. The van der Waals surface area contributed by atoms with E-state index >= 15 is 0 Å². The van der Waals surface area contributed by atoms with E-state index in [1.807, 2.05) is 0 Å². The third-order valence-corrected chi connectivity index (χ3v) is 1.55. The molecule has 0 saturated heterocycles. The fourth-order valence-electron chi connectivity index (χ4n) is 0.956. The van der Waals surface area contributed by atoms with Gasteiger partial charge < -0.3 is 10.1 Å². The first kappa shape index (κ1) is 10.9. The molecule has 0 amide bonds. The molecule has 0 bridgehead atoms. The normalized spacial score (nSPS) is 11.7. The van der Waals surface area contributed by atoms with Crippen molar-refractivity contribution in [3.05, 3.63) is 11.8 Å². The van der Waals surface area contributed by atoms with Crippen LogP contribution in [-0.2, 0) is 0 Å². The number of aromatic nitrogens is 2. The number of rotatable bonds is 5. The smallest absolute Gasteiger partial charge is 0.293 e. The van der Waals surface area contributed by atoms with E-state index in [0.29, 0.717) is 0 Å². The third kappa shape index (κ3) is 3.29. The second-order valence-electron chi connectivity index (χ2n) is 3.06. The summed E-state index contributed by atoms with van der Waals surface area (Å²) in [5.74, 6) is -2.68. The number of hydrogen-bond acceptors (Lipinski definition) is 3. The molecule has 0 aliphatic heterocycles. The van der Waals surface area contributed by atoms with E-state index in [9.17, 15) is 8.78 Å². The Morgan fingerprint density at radius 1 is 1.64 bits per heavy atom. The van der Waals surface area contributed by atoms with Crippen LogP contribution < -0.4 is 10.1 Å². The Labute approximate surface area is 80.6 Å². The summed E-state index contributed by atoms with van der Waals surface area (Å²) in [6, 6.07) is 1.56. The minimum Gasteiger partial charge on any atom is -0.470 e. The molecule has 0 atom stereocenters. The van der Waals surface area contributed by atoms with Crippen LogP contribution in [0.1, 0.15) is 5.69 Å². The first-order valence-corrected chi connectivity index (χ1v) is 4.21. The van der Waals surface area contributed by atoms with Crippen molar-refractivity contribution in [2.24, 2.45) is 0 Å². The van der Waals surface area contributed by atoms with Crippen LogP contribution in [-0.4, -0.2) is 36.3 Å². The molecular weight excluding hydrogens is 192 g/mol. The van der Waals surface area contributed by atoms with Gasteiger partial charge in [-0.25, -0.2) is 8.78 Å². The monoisotopic (exact) mass is 205 g/mol. The Hall–Kier alpha value is -1.17. The van der Waals surface area contributed by atoms with Crippen LogP contribution in [0.3, 0.4) is 0 Å². The van der Waals surface area contributed by atoms with Crippen LogP contribution in [0.5, 0.6) is 5.88 Å². The van der Waals surface area contributed by atoms with E-state index in [4.69, 9.17) is 4.74 Å². The SMILES string of the molecule is CNCC(F)(F)COc1cc(C)[nH]n1. The van der Waals surface area contributed by atoms with Crippen LogP contribution in [0.15, 0.2) is 6.07 Å². The van der Waals surface area contributed by atoms with E-state index in [1.165, 1.54) is 7.05 Å². The van der Waals surface area contributed by atoms with Crippen LogP contribution in [0.25, 0.3) is 0 Å². The first-order valence-electron chi connectivity index (χ1n) is 4.21. The van der Waals surface area contributed by atoms with Crippen LogP contribution in [0, 0.1) is 6.92 Å². The third-order valence-electron chi connectivity index (χ3n) is 1.55. The van der Waals surface area contributed by atoms with Crippen molar-refractivity contribution in [3.8, 4) is 5.88 Å². The van der Waals surface area contributed by atoms with Gasteiger partial charge in [0.05, 0.1) is 6.54 Å². The highest BCUT2D eigenvalue weighted by molar-refractivity contribution is 5.12. The Morgan fingerprint density at radius 3 is 2.86 bits per heavy atom. The van der Waals surface area contributed by atoms with Crippen LogP contribution >= 0.6 is 0 Å². The van der Waals surface area contributed by atoms with Gasteiger partial charge in [-0.05, 0) is 14.0 Å². The maximum absolute atomic E-state index is 12.9. The zero-order valence-electron chi connectivity index (χ0n) is 8.10. The fourth-order valence-corrected chi connectivity index (χ4v) is 0.956. The molecule has 80 valence electrons. The number of H-pyrrole nitrogens is 1. The average molecular weight is 205 g/mol. The zero-order valence-corrected chi connectivity index (χ0v) is 8.10. The quantitative estimate of drug-likeness (QED) is 0.752. The van der Waals surface area contributed by atoms with E-state index in [-0.39, 0.29) is 5.88 Å². The van der Waals surface area contributed by atoms with Crippen molar-refractivity contribution >= 4 is 0 Å². The minimum absolute atomic E-state index is 0.193. The highest BCUT2D eigenvalue weighted by atomic mass is 19.3. The molecule has 6 heteroatoms. The summed E-state index contributed by atoms with van der Waals surface area (Å²) in [7, 11) is 1.46. The summed E-state index contributed by atoms with van der Waals surface area (Å²) < 4.78 is 30.6. The number of halogens is 2. The maximum Gasteiger partial charge on any atom is 0.293 e. The number of nitrogens with one attached hydrogen (secondary N) is 2. The largest absolute Gasteiger partial charge is 0.470 e. The Kier molecular flexibility index (Phi) is 3.40. The van der Waals surface area contributed by atoms with Crippen molar-refractivity contribution in [2.45, 2.75) is 12.8 Å². The predicted molar refractivity (Wildman–Crippen MR) is 47.7 cm³/mol. The molecule has 0 spiro atoms. The molecular formula is C8H13F2N3O. The Morgan fingerprint density at radius 2 is 2.36 bits per heavy atom. The Bertz CT molecular complexity index is 288. The molecule has 0 radical (unpaired) electrons. The number of alkyl halides is 2. The summed E-state index contributed by atoms with van der Waals surface area (Å²) in [5.41, 5.74) is 0.775. The standard InChI is InChI=1S/C8H13F2N3O/c1-6-3-7(13-12-6)14-5-8(9,10)4-11-2/h3,11H,4-5H2,1-2H3,(H,12,13). The molecule has 14 heavy (non-hydrogen) atoms. The predicted octanol–water partition coefficient (Wildman–Crippen LogP) is 0.952. The lowest BCUT2D eigenvalue weighted by atomic mass is 10.3. The molecule has 1 rings (SSSR count). The molecule has 1 aromatic rings. The van der Waals surface area contributed by atoms with Gasteiger partial charge in [0.25, 0.3) is 5.92 Å². The van der Waals surface area contributed by atoms with Gasteiger partial charge in [-0.2, -0.15) is 0 Å². The highest BCUT2D eigenvalue weighted by Gasteiger charge is 2.29. The molecule has 0 fully saturated rings. The van der Waals surface area contributed by atoms with Gasteiger partial charge >= 0.3 is 0 Å². The summed E-state index contributed by atoms with van der Waals surface area (Å²) in [4.78, 5) is 0. The molecule has 2 N–H and O–H groups in total. The molecule has 1 aromatic heterocycles.